The molecular weight excluding hydrogens is 209 g/mol. The van der Waals surface area contributed by atoms with Crippen LogP contribution in [0, 0.1) is 5.82 Å². The molecule has 0 spiro atoms. The first-order valence-electron chi connectivity index (χ1n) is 5.42. The van der Waals surface area contributed by atoms with E-state index in [1.807, 2.05) is 6.07 Å². The number of methoxy groups -OCH3 is 1. The molecule has 3 nitrogen and oxygen atoms in total. The van der Waals surface area contributed by atoms with Crippen LogP contribution in [0.4, 0.5) is 4.39 Å². The van der Waals surface area contributed by atoms with Gasteiger partial charge in [0.25, 0.3) is 0 Å². The van der Waals surface area contributed by atoms with Gasteiger partial charge in [-0.3, -0.25) is 0 Å². The summed E-state index contributed by atoms with van der Waals surface area (Å²) in [6, 6.07) is 4.93. The summed E-state index contributed by atoms with van der Waals surface area (Å²) in [4.78, 5) is 0. The van der Waals surface area contributed by atoms with E-state index in [9.17, 15) is 4.39 Å². The van der Waals surface area contributed by atoms with Crippen LogP contribution >= 0.6 is 0 Å². The van der Waals surface area contributed by atoms with Gasteiger partial charge in [0, 0.05) is 13.2 Å². The molecule has 0 fully saturated rings. The maximum atomic E-state index is 13.3. The molecule has 1 aromatic carbocycles. The molecule has 1 rings (SSSR count). The number of rotatable bonds is 7. The van der Waals surface area contributed by atoms with E-state index in [0.717, 1.165) is 24.9 Å². The van der Waals surface area contributed by atoms with Crippen molar-refractivity contribution in [3.05, 3.63) is 29.6 Å². The number of nitrogens with one attached hydrogen (secondary N) is 1. The molecule has 0 unspecified atom stereocenters. The number of ether oxygens (including phenoxy) is 1. The van der Waals surface area contributed by atoms with E-state index >= 15 is 0 Å². The maximum absolute atomic E-state index is 13.3. The van der Waals surface area contributed by atoms with Gasteiger partial charge >= 0.3 is 0 Å². The Morgan fingerprint density at radius 1 is 1.38 bits per heavy atom. The molecule has 0 saturated carbocycles. The van der Waals surface area contributed by atoms with E-state index in [2.05, 4.69) is 5.32 Å². The van der Waals surface area contributed by atoms with Crippen LogP contribution in [0.5, 0.6) is 5.75 Å². The number of aliphatic hydroxyl groups excluding tert-OH is 1. The van der Waals surface area contributed by atoms with Gasteiger partial charge in [-0.15, -0.1) is 0 Å². The average molecular weight is 227 g/mol. The molecule has 0 aromatic heterocycles. The topological polar surface area (TPSA) is 41.5 Å². The summed E-state index contributed by atoms with van der Waals surface area (Å²) < 4.78 is 18.1. The Hall–Kier alpha value is -1.13. The zero-order chi connectivity index (χ0) is 11.8. The van der Waals surface area contributed by atoms with Crippen LogP contribution in [0.15, 0.2) is 18.2 Å². The highest BCUT2D eigenvalue weighted by atomic mass is 19.1. The Balaban J connectivity index is 2.34. The molecule has 90 valence electrons. The molecule has 0 bridgehead atoms. The van der Waals surface area contributed by atoms with E-state index in [1.54, 1.807) is 6.07 Å². The summed E-state index contributed by atoms with van der Waals surface area (Å²) in [5.74, 6) is -0.0683. The molecule has 0 aliphatic carbocycles. The molecule has 4 heteroatoms. The molecule has 0 atom stereocenters. The van der Waals surface area contributed by atoms with Gasteiger partial charge < -0.3 is 15.2 Å². The Morgan fingerprint density at radius 3 is 2.81 bits per heavy atom. The molecule has 0 aliphatic rings. The van der Waals surface area contributed by atoms with Crippen LogP contribution in [0.3, 0.4) is 0 Å². The average Bonchev–Trinajstić information content (AvgIpc) is 2.29. The van der Waals surface area contributed by atoms with E-state index < -0.39 is 0 Å². The third-order valence-electron chi connectivity index (χ3n) is 2.31. The van der Waals surface area contributed by atoms with Crippen LogP contribution in [-0.2, 0) is 6.54 Å². The molecule has 1 aromatic rings. The van der Waals surface area contributed by atoms with Crippen molar-refractivity contribution in [2.24, 2.45) is 0 Å². The van der Waals surface area contributed by atoms with Crippen molar-refractivity contribution in [3.8, 4) is 5.75 Å². The lowest BCUT2D eigenvalue weighted by molar-refractivity contribution is 0.283. The van der Waals surface area contributed by atoms with Gasteiger partial charge in [-0.05, 0) is 37.1 Å². The number of aliphatic hydroxyl groups is 1. The third kappa shape index (κ3) is 4.16. The van der Waals surface area contributed by atoms with Gasteiger partial charge in [0.05, 0.1) is 7.11 Å². The molecule has 2 N–H and O–H groups in total. The van der Waals surface area contributed by atoms with Crippen molar-refractivity contribution < 1.29 is 14.2 Å². The van der Waals surface area contributed by atoms with Crippen molar-refractivity contribution >= 4 is 0 Å². The predicted molar refractivity (Wildman–Crippen MR) is 61.0 cm³/mol. The summed E-state index contributed by atoms with van der Waals surface area (Å²) in [6.45, 7) is 1.68. The van der Waals surface area contributed by atoms with Crippen molar-refractivity contribution in [2.45, 2.75) is 19.4 Å². The molecule has 0 saturated heterocycles. The Labute approximate surface area is 95.2 Å². The van der Waals surface area contributed by atoms with E-state index in [-0.39, 0.29) is 18.2 Å². The lowest BCUT2D eigenvalue weighted by Gasteiger charge is -2.06. The second kappa shape index (κ2) is 7.19. The third-order valence-corrected chi connectivity index (χ3v) is 2.31. The van der Waals surface area contributed by atoms with Crippen LogP contribution in [0.25, 0.3) is 0 Å². The van der Waals surface area contributed by atoms with E-state index in [0.29, 0.717) is 6.54 Å². The van der Waals surface area contributed by atoms with E-state index in [4.69, 9.17) is 9.84 Å². The summed E-state index contributed by atoms with van der Waals surface area (Å²) in [6.07, 6.45) is 1.72. The number of halogens is 1. The first-order valence-corrected chi connectivity index (χ1v) is 5.42. The highest BCUT2D eigenvalue weighted by molar-refractivity contribution is 5.29. The van der Waals surface area contributed by atoms with Crippen molar-refractivity contribution in [1.29, 1.82) is 0 Å². The maximum Gasteiger partial charge on any atom is 0.165 e. The van der Waals surface area contributed by atoms with Crippen LogP contribution in [0.1, 0.15) is 18.4 Å². The van der Waals surface area contributed by atoms with Gasteiger partial charge in [0.15, 0.2) is 11.6 Å². The quantitative estimate of drug-likeness (QED) is 0.697. The lowest BCUT2D eigenvalue weighted by atomic mass is 10.2. The van der Waals surface area contributed by atoms with Crippen molar-refractivity contribution in [1.82, 2.24) is 5.32 Å². The number of unbranched alkanes of at least 4 members (excludes halogenated alkanes) is 1. The van der Waals surface area contributed by atoms with Gasteiger partial charge in [-0.25, -0.2) is 4.39 Å². The van der Waals surface area contributed by atoms with Crippen LogP contribution in [-0.4, -0.2) is 25.4 Å². The van der Waals surface area contributed by atoms with Crippen molar-refractivity contribution in [2.75, 3.05) is 20.3 Å². The Bertz CT molecular complexity index is 318. The highest BCUT2D eigenvalue weighted by Crippen LogP contribution is 2.17. The van der Waals surface area contributed by atoms with Crippen LogP contribution in [0.2, 0.25) is 0 Å². The number of hydrogen-bond acceptors (Lipinski definition) is 3. The van der Waals surface area contributed by atoms with Crippen LogP contribution < -0.4 is 10.1 Å². The molecule has 0 heterocycles. The minimum absolute atomic E-state index is 0.221. The molecule has 16 heavy (non-hydrogen) atoms. The minimum atomic E-state index is -0.336. The minimum Gasteiger partial charge on any atom is -0.494 e. The fraction of sp³-hybridized carbons (Fsp3) is 0.500. The van der Waals surface area contributed by atoms with Gasteiger partial charge in [-0.2, -0.15) is 0 Å². The largest absolute Gasteiger partial charge is 0.494 e. The molecule has 0 aliphatic heterocycles. The highest BCUT2D eigenvalue weighted by Gasteiger charge is 2.02. The monoisotopic (exact) mass is 227 g/mol. The van der Waals surface area contributed by atoms with Gasteiger partial charge in [0.2, 0.25) is 0 Å². The molecule has 0 amide bonds. The first kappa shape index (κ1) is 12.9. The summed E-state index contributed by atoms with van der Waals surface area (Å²) in [7, 11) is 1.45. The zero-order valence-electron chi connectivity index (χ0n) is 9.50. The second-order valence-corrected chi connectivity index (χ2v) is 3.58. The van der Waals surface area contributed by atoms with Gasteiger partial charge in [-0.1, -0.05) is 6.07 Å². The lowest BCUT2D eigenvalue weighted by Crippen LogP contribution is -2.15. The molecular formula is C12H18FNO2. The SMILES string of the molecule is COc1ccc(CNCCCCO)cc1F. The normalized spacial score (nSPS) is 10.4. The summed E-state index contributed by atoms with van der Waals surface area (Å²) >= 11 is 0. The van der Waals surface area contributed by atoms with Crippen molar-refractivity contribution in [3.63, 3.8) is 0 Å². The predicted octanol–water partition coefficient (Wildman–Crippen LogP) is 1.70. The summed E-state index contributed by atoms with van der Waals surface area (Å²) in [5.41, 5.74) is 0.891. The first-order chi connectivity index (χ1) is 7.77. The summed E-state index contributed by atoms with van der Waals surface area (Å²) in [5, 5.41) is 11.8. The van der Waals surface area contributed by atoms with E-state index in [1.165, 1.54) is 13.2 Å². The number of benzene rings is 1. The standard InChI is InChI=1S/C12H18FNO2/c1-16-12-5-4-10(8-11(12)13)9-14-6-2-3-7-15/h4-5,8,14-15H,2-3,6-7,9H2,1H3. The molecule has 0 radical (unpaired) electrons. The Kier molecular flexibility index (Phi) is 5.82. The Morgan fingerprint density at radius 2 is 2.19 bits per heavy atom. The smallest absolute Gasteiger partial charge is 0.165 e. The fourth-order valence-electron chi connectivity index (χ4n) is 1.41. The van der Waals surface area contributed by atoms with Gasteiger partial charge in [0.1, 0.15) is 0 Å². The fourth-order valence-corrected chi connectivity index (χ4v) is 1.41. The number of hydrogen-bond donors (Lipinski definition) is 2. The second-order valence-electron chi connectivity index (χ2n) is 3.58. The zero-order valence-corrected chi connectivity index (χ0v) is 9.50.